The zero-order valence-corrected chi connectivity index (χ0v) is 19.0. The van der Waals surface area contributed by atoms with Crippen LogP contribution in [0.15, 0.2) is 0 Å². The van der Waals surface area contributed by atoms with E-state index in [1.807, 2.05) is 0 Å². The van der Waals surface area contributed by atoms with Gasteiger partial charge in [0.25, 0.3) is 0 Å². The fraction of sp³-hybridized carbons (Fsp3) is 0.962. The third-order valence-corrected chi connectivity index (χ3v) is 7.64. The van der Waals surface area contributed by atoms with Gasteiger partial charge in [0.05, 0.1) is 17.6 Å². The first-order valence-electron chi connectivity index (χ1n) is 12.7. The van der Waals surface area contributed by atoms with Crippen LogP contribution in [0.4, 0.5) is 0 Å². The van der Waals surface area contributed by atoms with E-state index in [4.69, 9.17) is 4.74 Å². The van der Waals surface area contributed by atoms with Crippen molar-refractivity contribution in [2.24, 2.45) is 17.3 Å². The van der Waals surface area contributed by atoms with Gasteiger partial charge in [-0.25, -0.2) is 0 Å². The molecule has 0 bridgehead atoms. The Balaban J connectivity index is 1.57. The molecule has 0 amide bonds. The maximum absolute atomic E-state index is 9.75. The minimum Gasteiger partial charge on any atom is -0.378 e. The van der Waals surface area contributed by atoms with E-state index < -0.39 is 0 Å². The minimum atomic E-state index is -0.0138. The first kappa shape index (κ1) is 23.7. The SMILES string of the molecule is CCCCCC[C@H]1CC[C@H](OC[C@H]2CC[C@@](C#N)(CCCCCC)CC2)CC1. The van der Waals surface area contributed by atoms with Crippen LogP contribution < -0.4 is 0 Å². The second-order valence-electron chi connectivity index (χ2n) is 9.97. The van der Waals surface area contributed by atoms with Gasteiger partial charge in [-0.1, -0.05) is 71.6 Å². The number of hydrogen-bond donors (Lipinski definition) is 0. The highest BCUT2D eigenvalue weighted by Gasteiger charge is 2.35. The van der Waals surface area contributed by atoms with Crippen molar-refractivity contribution >= 4 is 0 Å². The summed E-state index contributed by atoms with van der Waals surface area (Å²) in [6, 6.07) is 2.71. The topological polar surface area (TPSA) is 33.0 Å². The van der Waals surface area contributed by atoms with Gasteiger partial charge in [-0.15, -0.1) is 0 Å². The maximum atomic E-state index is 9.75. The molecule has 0 unspecified atom stereocenters. The molecular formula is C26H47NO. The van der Waals surface area contributed by atoms with E-state index in [1.54, 1.807) is 0 Å². The number of rotatable bonds is 13. The molecule has 0 radical (unpaired) electrons. The molecule has 0 aromatic heterocycles. The Hall–Kier alpha value is -0.550. The molecule has 162 valence electrons. The Kier molecular flexibility index (Phi) is 11.6. The molecular weight excluding hydrogens is 342 g/mol. The van der Waals surface area contributed by atoms with Crippen LogP contribution in [-0.4, -0.2) is 12.7 Å². The first-order chi connectivity index (χ1) is 13.7. The summed E-state index contributed by atoms with van der Waals surface area (Å²) in [6.45, 7) is 5.50. The fourth-order valence-corrected chi connectivity index (χ4v) is 5.42. The maximum Gasteiger partial charge on any atom is 0.0689 e. The highest BCUT2D eigenvalue weighted by Crippen LogP contribution is 2.42. The van der Waals surface area contributed by atoms with Crippen molar-refractivity contribution in [2.75, 3.05) is 6.61 Å². The minimum absolute atomic E-state index is 0.0138. The molecule has 2 fully saturated rings. The van der Waals surface area contributed by atoms with Gasteiger partial charge in [-0.05, 0) is 69.6 Å². The van der Waals surface area contributed by atoms with Crippen molar-refractivity contribution in [3.8, 4) is 6.07 Å². The Labute approximate surface area is 175 Å². The Morgan fingerprint density at radius 2 is 1.43 bits per heavy atom. The van der Waals surface area contributed by atoms with Gasteiger partial charge in [0.1, 0.15) is 0 Å². The summed E-state index contributed by atoms with van der Waals surface area (Å²) >= 11 is 0. The van der Waals surface area contributed by atoms with E-state index in [0.29, 0.717) is 12.0 Å². The van der Waals surface area contributed by atoms with Crippen molar-refractivity contribution < 1.29 is 4.74 Å². The third kappa shape index (κ3) is 8.44. The predicted molar refractivity (Wildman–Crippen MR) is 119 cm³/mol. The molecule has 0 aliphatic heterocycles. The molecule has 0 heterocycles. The van der Waals surface area contributed by atoms with Crippen LogP contribution in [-0.2, 0) is 4.74 Å². The summed E-state index contributed by atoms with van der Waals surface area (Å²) in [5.41, 5.74) is -0.0138. The van der Waals surface area contributed by atoms with E-state index in [-0.39, 0.29) is 5.41 Å². The van der Waals surface area contributed by atoms with E-state index >= 15 is 0 Å². The van der Waals surface area contributed by atoms with Crippen LogP contribution in [0.3, 0.4) is 0 Å². The number of nitrogens with zero attached hydrogens (tertiary/aromatic N) is 1. The molecule has 2 aliphatic carbocycles. The lowest BCUT2D eigenvalue weighted by Gasteiger charge is -2.36. The van der Waals surface area contributed by atoms with Crippen molar-refractivity contribution in [3.63, 3.8) is 0 Å². The summed E-state index contributed by atoms with van der Waals surface area (Å²) in [5.74, 6) is 1.67. The molecule has 2 aliphatic rings. The highest BCUT2D eigenvalue weighted by atomic mass is 16.5. The van der Waals surface area contributed by atoms with E-state index in [9.17, 15) is 5.26 Å². The summed E-state index contributed by atoms with van der Waals surface area (Å²) in [5, 5.41) is 9.75. The summed E-state index contributed by atoms with van der Waals surface area (Å²) in [7, 11) is 0. The molecule has 2 rings (SSSR count). The molecule has 0 aromatic carbocycles. The quantitative estimate of drug-likeness (QED) is 0.297. The second kappa shape index (κ2) is 13.6. The number of unbranched alkanes of at least 4 members (excludes halogenated alkanes) is 6. The first-order valence-corrected chi connectivity index (χ1v) is 12.7. The number of hydrogen-bond acceptors (Lipinski definition) is 2. The van der Waals surface area contributed by atoms with Gasteiger partial charge in [0.2, 0.25) is 0 Å². The van der Waals surface area contributed by atoms with E-state index in [1.165, 1.54) is 96.3 Å². The standard InChI is InChI=1S/C26H47NO/c1-3-5-7-9-11-23-12-14-25(15-13-23)28-21-24-16-19-26(22-27,20-17-24)18-10-8-6-4-2/h23-25H,3-21H2,1-2H3/t23-,24-,25-,26-. The molecule has 28 heavy (non-hydrogen) atoms. The molecule has 2 heteroatoms. The van der Waals surface area contributed by atoms with Crippen LogP contribution >= 0.6 is 0 Å². The summed E-state index contributed by atoms with van der Waals surface area (Å²) in [4.78, 5) is 0. The van der Waals surface area contributed by atoms with Crippen LogP contribution in [0.2, 0.25) is 0 Å². The zero-order chi connectivity index (χ0) is 20.1. The molecule has 0 aromatic rings. The Morgan fingerprint density at radius 1 is 0.786 bits per heavy atom. The van der Waals surface area contributed by atoms with Crippen LogP contribution in [0.5, 0.6) is 0 Å². The summed E-state index contributed by atoms with van der Waals surface area (Å²) in [6.07, 6.45) is 23.8. The van der Waals surface area contributed by atoms with Crippen LogP contribution in [0, 0.1) is 28.6 Å². The lowest BCUT2D eigenvalue weighted by atomic mass is 9.69. The Morgan fingerprint density at radius 3 is 2.04 bits per heavy atom. The van der Waals surface area contributed by atoms with Crippen molar-refractivity contribution in [2.45, 2.75) is 136 Å². The van der Waals surface area contributed by atoms with Crippen molar-refractivity contribution in [1.82, 2.24) is 0 Å². The largest absolute Gasteiger partial charge is 0.378 e. The summed E-state index contributed by atoms with van der Waals surface area (Å²) < 4.78 is 6.35. The van der Waals surface area contributed by atoms with Crippen LogP contribution in [0.25, 0.3) is 0 Å². The van der Waals surface area contributed by atoms with Gasteiger partial charge < -0.3 is 4.74 Å². The van der Waals surface area contributed by atoms with Gasteiger partial charge in [0, 0.05) is 6.61 Å². The molecule has 0 atom stereocenters. The smallest absolute Gasteiger partial charge is 0.0689 e. The van der Waals surface area contributed by atoms with Crippen molar-refractivity contribution in [1.29, 1.82) is 5.26 Å². The number of nitriles is 1. The average Bonchev–Trinajstić information content (AvgIpc) is 2.74. The van der Waals surface area contributed by atoms with Crippen molar-refractivity contribution in [3.05, 3.63) is 0 Å². The van der Waals surface area contributed by atoms with Gasteiger partial charge >= 0.3 is 0 Å². The molecule has 0 saturated heterocycles. The predicted octanol–water partition coefficient (Wildman–Crippen LogP) is 8.20. The molecule has 0 N–H and O–H groups in total. The second-order valence-corrected chi connectivity index (χ2v) is 9.97. The molecule has 2 nitrogen and oxygen atoms in total. The normalized spacial score (nSPS) is 30.8. The molecule has 2 saturated carbocycles. The van der Waals surface area contributed by atoms with Gasteiger partial charge in [-0.3, -0.25) is 0 Å². The lowest BCUT2D eigenvalue weighted by Crippen LogP contribution is -2.30. The average molecular weight is 390 g/mol. The van der Waals surface area contributed by atoms with Gasteiger partial charge in [0.15, 0.2) is 0 Å². The monoisotopic (exact) mass is 389 g/mol. The third-order valence-electron chi connectivity index (χ3n) is 7.64. The lowest BCUT2D eigenvalue weighted by molar-refractivity contribution is -0.0135. The Bertz CT molecular complexity index is 424. The highest BCUT2D eigenvalue weighted by molar-refractivity contribution is 5.01. The molecule has 0 spiro atoms. The zero-order valence-electron chi connectivity index (χ0n) is 19.0. The fourth-order valence-electron chi connectivity index (χ4n) is 5.42. The van der Waals surface area contributed by atoms with E-state index in [0.717, 1.165) is 31.8 Å². The van der Waals surface area contributed by atoms with E-state index in [2.05, 4.69) is 19.9 Å². The number of ether oxygens (including phenoxy) is 1. The van der Waals surface area contributed by atoms with Crippen LogP contribution in [0.1, 0.15) is 129 Å². The van der Waals surface area contributed by atoms with Gasteiger partial charge in [-0.2, -0.15) is 5.26 Å².